The number of ether oxygens (including phenoxy) is 1. The number of nitrogens with one attached hydrogen (secondary N) is 1. The minimum Gasteiger partial charge on any atom is -0.493 e. The third-order valence-electron chi connectivity index (χ3n) is 3.92. The fraction of sp³-hybridized carbons (Fsp3) is 0.353. The van der Waals surface area contributed by atoms with E-state index in [0.29, 0.717) is 22.7 Å². The Kier molecular flexibility index (Phi) is 4.53. The first-order valence-corrected chi connectivity index (χ1v) is 8.56. The van der Waals surface area contributed by atoms with Crippen molar-refractivity contribution < 1.29 is 19.4 Å². The van der Waals surface area contributed by atoms with Crippen LogP contribution in [-0.4, -0.2) is 28.6 Å². The number of aliphatic carboxylic acids is 1. The number of benzene rings is 1. The molecule has 7 heteroatoms. The molecule has 0 spiro atoms. The maximum atomic E-state index is 12.5. The number of thiazole rings is 1. The van der Waals surface area contributed by atoms with Crippen molar-refractivity contribution in [2.75, 3.05) is 6.61 Å². The van der Waals surface area contributed by atoms with Crippen LogP contribution in [0, 0.1) is 6.92 Å². The monoisotopic (exact) mass is 346 g/mol. The van der Waals surface area contributed by atoms with Crippen molar-refractivity contribution in [1.82, 2.24) is 10.3 Å². The van der Waals surface area contributed by atoms with Crippen LogP contribution in [0.2, 0.25) is 0 Å². The Hall–Kier alpha value is -2.41. The molecule has 2 heterocycles. The van der Waals surface area contributed by atoms with Crippen LogP contribution in [0.1, 0.15) is 44.5 Å². The van der Waals surface area contributed by atoms with Gasteiger partial charge in [0.2, 0.25) is 0 Å². The molecule has 1 aliphatic heterocycles. The second-order valence-corrected chi connectivity index (χ2v) is 6.67. The molecule has 1 unspecified atom stereocenters. The first kappa shape index (κ1) is 16.4. The number of amides is 1. The van der Waals surface area contributed by atoms with Gasteiger partial charge in [0.05, 0.1) is 17.3 Å². The van der Waals surface area contributed by atoms with E-state index >= 15 is 0 Å². The van der Waals surface area contributed by atoms with Gasteiger partial charge in [0, 0.05) is 6.42 Å². The summed E-state index contributed by atoms with van der Waals surface area (Å²) in [6.07, 6.45) is 1.49. The second-order valence-electron chi connectivity index (χ2n) is 5.59. The van der Waals surface area contributed by atoms with Crippen LogP contribution >= 0.6 is 11.3 Å². The van der Waals surface area contributed by atoms with E-state index in [2.05, 4.69) is 10.3 Å². The zero-order chi connectivity index (χ0) is 17.3. The first-order chi connectivity index (χ1) is 11.5. The number of carbonyl (C=O) groups is 2. The van der Waals surface area contributed by atoms with E-state index in [1.165, 1.54) is 11.3 Å². The van der Waals surface area contributed by atoms with Crippen molar-refractivity contribution in [3.63, 3.8) is 0 Å². The quantitative estimate of drug-likeness (QED) is 0.868. The summed E-state index contributed by atoms with van der Waals surface area (Å²) in [6.45, 7) is 4.32. The Morgan fingerprint density at radius 3 is 2.92 bits per heavy atom. The lowest BCUT2D eigenvalue weighted by atomic mass is 10.0. The predicted octanol–water partition coefficient (Wildman–Crippen LogP) is 2.50. The highest BCUT2D eigenvalue weighted by atomic mass is 32.1. The van der Waals surface area contributed by atoms with Crippen LogP contribution in [-0.2, 0) is 17.6 Å². The summed E-state index contributed by atoms with van der Waals surface area (Å²) in [7, 11) is 0. The molecule has 24 heavy (non-hydrogen) atoms. The molecule has 1 aromatic carbocycles. The van der Waals surface area contributed by atoms with Crippen LogP contribution in [0.5, 0.6) is 5.75 Å². The zero-order valence-corrected chi connectivity index (χ0v) is 14.3. The average molecular weight is 346 g/mol. The molecule has 1 atom stereocenters. The lowest BCUT2D eigenvalue weighted by Crippen LogP contribution is -2.33. The van der Waals surface area contributed by atoms with Crippen LogP contribution in [0.4, 0.5) is 0 Å². The van der Waals surface area contributed by atoms with Gasteiger partial charge in [0.25, 0.3) is 5.91 Å². The first-order valence-electron chi connectivity index (χ1n) is 7.75. The van der Waals surface area contributed by atoms with Gasteiger partial charge in [-0.05, 0) is 36.6 Å². The highest BCUT2D eigenvalue weighted by molar-refractivity contribution is 7.13. The van der Waals surface area contributed by atoms with Crippen LogP contribution in [0.3, 0.4) is 0 Å². The van der Waals surface area contributed by atoms with E-state index in [9.17, 15) is 14.7 Å². The molecule has 2 aromatic rings. The molecular weight excluding hydrogens is 328 g/mol. The fourth-order valence-corrected chi connectivity index (χ4v) is 3.59. The van der Waals surface area contributed by atoms with Gasteiger partial charge in [-0.25, -0.2) is 9.78 Å². The number of rotatable bonds is 5. The third-order valence-corrected chi connectivity index (χ3v) is 5.22. The average Bonchev–Trinajstić information content (AvgIpc) is 3.17. The molecule has 1 amide bonds. The minimum absolute atomic E-state index is 0.408. The topological polar surface area (TPSA) is 88.5 Å². The van der Waals surface area contributed by atoms with Gasteiger partial charge in [-0.15, -0.1) is 11.3 Å². The number of carboxylic acid groups (broad SMARTS) is 1. The number of nitrogens with zero attached hydrogens (tertiary/aromatic N) is 1. The Morgan fingerprint density at radius 1 is 1.46 bits per heavy atom. The normalized spacial score (nSPS) is 13.9. The van der Waals surface area contributed by atoms with Crippen molar-refractivity contribution in [3.05, 3.63) is 44.9 Å². The van der Waals surface area contributed by atoms with Gasteiger partial charge in [-0.3, -0.25) is 4.79 Å². The van der Waals surface area contributed by atoms with Crippen LogP contribution in [0.25, 0.3) is 0 Å². The zero-order valence-electron chi connectivity index (χ0n) is 13.5. The highest BCUT2D eigenvalue weighted by Gasteiger charge is 2.26. The maximum absolute atomic E-state index is 12.5. The van der Waals surface area contributed by atoms with Crippen molar-refractivity contribution in [2.24, 2.45) is 0 Å². The molecule has 0 saturated heterocycles. The number of hydrogen-bond acceptors (Lipinski definition) is 5. The largest absolute Gasteiger partial charge is 0.493 e. The Morgan fingerprint density at radius 2 is 2.25 bits per heavy atom. The standard InChI is InChI=1S/C17H18N2O4S/c1-3-13-18-9(2)15(24-13)16(20)19-14(17(21)22)11-4-5-12-10(8-11)6-7-23-12/h4-5,8,14H,3,6-7H2,1-2H3,(H,19,20)(H,21,22). The summed E-state index contributed by atoms with van der Waals surface area (Å²) >= 11 is 1.30. The van der Waals surface area contributed by atoms with E-state index in [-0.39, 0.29) is 0 Å². The second kappa shape index (κ2) is 6.60. The summed E-state index contributed by atoms with van der Waals surface area (Å²) in [4.78, 5) is 28.9. The highest BCUT2D eigenvalue weighted by Crippen LogP contribution is 2.29. The van der Waals surface area contributed by atoms with Crippen molar-refractivity contribution in [1.29, 1.82) is 0 Å². The summed E-state index contributed by atoms with van der Waals surface area (Å²) in [6, 6.07) is 4.13. The summed E-state index contributed by atoms with van der Waals surface area (Å²) in [5.74, 6) is -0.728. The van der Waals surface area contributed by atoms with Crippen molar-refractivity contribution >= 4 is 23.2 Å². The van der Waals surface area contributed by atoms with Gasteiger partial charge < -0.3 is 15.2 Å². The molecule has 2 N–H and O–H groups in total. The van der Waals surface area contributed by atoms with E-state index in [1.807, 2.05) is 6.92 Å². The Bertz CT molecular complexity index is 800. The van der Waals surface area contributed by atoms with E-state index in [0.717, 1.165) is 29.2 Å². The maximum Gasteiger partial charge on any atom is 0.330 e. The predicted molar refractivity (Wildman–Crippen MR) is 89.7 cm³/mol. The molecule has 1 aliphatic rings. The molecule has 1 aromatic heterocycles. The summed E-state index contributed by atoms with van der Waals surface area (Å²) in [5.41, 5.74) is 2.13. The molecule has 0 radical (unpaired) electrons. The minimum atomic E-state index is -1.10. The molecule has 6 nitrogen and oxygen atoms in total. The summed E-state index contributed by atoms with van der Waals surface area (Å²) < 4.78 is 5.43. The fourth-order valence-electron chi connectivity index (χ4n) is 2.68. The van der Waals surface area contributed by atoms with E-state index in [1.54, 1.807) is 25.1 Å². The van der Waals surface area contributed by atoms with Crippen molar-refractivity contribution in [3.8, 4) is 5.75 Å². The van der Waals surface area contributed by atoms with Gasteiger partial charge in [-0.2, -0.15) is 0 Å². The molecule has 126 valence electrons. The smallest absolute Gasteiger partial charge is 0.330 e. The number of fused-ring (bicyclic) bond motifs is 1. The van der Waals surface area contributed by atoms with Crippen LogP contribution in [0.15, 0.2) is 18.2 Å². The van der Waals surface area contributed by atoms with Gasteiger partial charge in [0.15, 0.2) is 6.04 Å². The van der Waals surface area contributed by atoms with Gasteiger partial charge in [-0.1, -0.05) is 13.0 Å². The molecular formula is C17H18N2O4S. The SMILES string of the molecule is CCc1nc(C)c(C(=O)NC(C(=O)O)c2ccc3c(c2)CCO3)s1. The van der Waals surface area contributed by atoms with Gasteiger partial charge in [0.1, 0.15) is 10.6 Å². The molecule has 0 saturated carbocycles. The number of carboxylic acids is 1. The number of hydrogen-bond donors (Lipinski definition) is 2. The van der Waals surface area contributed by atoms with E-state index < -0.39 is 17.9 Å². The van der Waals surface area contributed by atoms with Gasteiger partial charge >= 0.3 is 5.97 Å². The van der Waals surface area contributed by atoms with Crippen molar-refractivity contribution in [2.45, 2.75) is 32.7 Å². The number of carbonyl (C=O) groups excluding carboxylic acids is 1. The molecule has 0 bridgehead atoms. The van der Waals surface area contributed by atoms with Crippen LogP contribution < -0.4 is 10.1 Å². The lowest BCUT2D eigenvalue weighted by Gasteiger charge is -2.15. The number of aryl methyl sites for hydroxylation is 2. The Balaban J connectivity index is 1.85. The summed E-state index contributed by atoms with van der Waals surface area (Å²) in [5, 5.41) is 13.0. The lowest BCUT2D eigenvalue weighted by molar-refractivity contribution is -0.139. The third kappa shape index (κ3) is 3.12. The molecule has 0 fully saturated rings. The van der Waals surface area contributed by atoms with E-state index in [4.69, 9.17) is 4.74 Å². The number of aromatic nitrogens is 1. The molecule has 0 aliphatic carbocycles. The molecule has 3 rings (SSSR count). The Labute approximate surface area is 143 Å².